The number of ether oxygens (including phenoxy) is 1. The first-order valence-electron chi connectivity index (χ1n) is 9.32. The quantitative estimate of drug-likeness (QED) is 0.399. The normalized spacial score (nSPS) is 12.3. The molecule has 3 heterocycles. The molecule has 0 amide bonds. The number of imidazole rings is 1. The van der Waals surface area contributed by atoms with E-state index >= 15 is 0 Å². The number of hydrogen-bond acceptors (Lipinski definition) is 5. The minimum Gasteiger partial charge on any atom is -0.496 e. The molecule has 0 aliphatic carbocycles. The van der Waals surface area contributed by atoms with Gasteiger partial charge >= 0.3 is 0 Å². The van der Waals surface area contributed by atoms with Gasteiger partial charge in [0.2, 0.25) is 0 Å². The van der Waals surface area contributed by atoms with Crippen LogP contribution < -0.4 is 14.8 Å². The van der Waals surface area contributed by atoms with Crippen molar-refractivity contribution in [1.29, 1.82) is 0 Å². The van der Waals surface area contributed by atoms with E-state index in [1.807, 2.05) is 38.1 Å². The van der Waals surface area contributed by atoms with Crippen LogP contribution in [0.15, 0.2) is 51.7 Å². The van der Waals surface area contributed by atoms with Gasteiger partial charge in [0.25, 0.3) is 5.56 Å². The zero-order valence-electron chi connectivity index (χ0n) is 16.5. The molecular formula is C23H17ClN2O3S. The zero-order chi connectivity index (χ0) is 21.0. The Morgan fingerprint density at radius 2 is 1.93 bits per heavy atom. The molecule has 0 radical (unpaired) electrons. The molecule has 0 aliphatic rings. The van der Waals surface area contributed by atoms with E-state index in [0.29, 0.717) is 31.8 Å². The highest BCUT2D eigenvalue weighted by atomic mass is 35.5. The molecule has 0 N–H and O–H groups in total. The predicted molar refractivity (Wildman–Crippen MR) is 121 cm³/mol. The molecule has 0 atom stereocenters. The van der Waals surface area contributed by atoms with Crippen molar-refractivity contribution < 1.29 is 9.15 Å². The molecule has 3 aromatic heterocycles. The average Bonchev–Trinajstić information content (AvgIpc) is 3.39. The zero-order valence-corrected chi connectivity index (χ0v) is 18.1. The predicted octanol–water partition coefficient (Wildman–Crippen LogP) is 5.00. The molecule has 5 nitrogen and oxygen atoms in total. The smallest absolute Gasteiger partial charge is 0.275 e. The fourth-order valence-corrected chi connectivity index (χ4v) is 4.63. The second-order valence-electron chi connectivity index (χ2n) is 7.12. The maximum absolute atomic E-state index is 13.0. The van der Waals surface area contributed by atoms with Gasteiger partial charge in [0.1, 0.15) is 21.8 Å². The molecule has 150 valence electrons. The van der Waals surface area contributed by atoms with Gasteiger partial charge in [-0.2, -0.15) is 0 Å². The molecule has 0 spiro atoms. The fourth-order valence-electron chi connectivity index (χ4n) is 3.50. The molecule has 0 saturated carbocycles. The van der Waals surface area contributed by atoms with Gasteiger partial charge < -0.3 is 9.15 Å². The lowest BCUT2D eigenvalue weighted by Gasteiger charge is -2.06. The van der Waals surface area contributed by atoms with Crippen molar-refractivity contribution >= 4 is 45.0 Å². The summed E-state index contributed by atoms with van der Waals surface area (Å²) in [5.41, 5.74) is 4.61. The Morgan fingerprint density at radius 3 is 2.73 bits per heavy atom. The van der Waals surface area contributed by atoms with Gasteiger partial charge in [0, 0.05) is 11.1 Å². The molecule has 5 rings (SSSR count). The molecule has 0 saturated heterocycles. The Labute approximate surface area is 180 Å². The first-order chi connectivity index (χ1) is 14.4. The van der Waals surface area contributed by atoms with Crippen molar-refractivity contribution in [2.45, 2.75) is 13.8 Å². The number of rotatable bonds is 3. The minimum atomic E-state index is -0.0981. The number of aryl methyl sites for hydroxylation is 2. The third kappa shape index (κ3) is 3.00. The number of halogens is 1. The van der Waals surface area contributed by atoms with E-state index < -0.39 is 0 Å². The number of hydrogen-bond donors (Lipinski definition) is 0. The van der Waals surface area contributed by atoms with E-state index in [1.54, 1.807) is 35.8 Å². The number of benzene rings is 2. The van der Waals surface area contributed by atoms with Crippen molar-refractivity contribution in [3.8, 4) is 17.1 Å². The van der Waals surface area contributed by atoms with Gasteiger partial charge in [0.15, 0.2) is 4.96 Å². The summed E-state index contributed by atoms with van der Waals surface area (Å²) < 4.78 is 13.6. The van der Waals surface area contributed by atoms with Crippen LogP contribution in [0, 0.1) is 13.8 Å². The van der Waals surface area contributed by atoms with Crippen LogP contribution in [0.2, 0.25) is 5.02 Å². The van der Waals surface area contributed by atoms with Crippen LogP contribution in [0.4, 0.5) is 0 Å². The highest BCUT2D eigenvalue weighted by Crippen LogP contribution is 2.33. The van der Waals surface area contributed by atoms with Crippen LogP contribution in [-0.4, -0.2) is 16.5 Å². The van der Waals surface area contributed by atoms with Crippen LogP contribution in [-0.2, 0) is 0 Å². The third-order valence-corrected chi connectivity index (χ3v) is 6.39. The molecular weight excluding hydrogens is 420 g/mol. The highest BCUT2D eigenvalue weighted by Gasteiger charge is 2.14. The number of thiazole rings is 1. The molecule has 0 bridgehead atoms. The largest absolute Gasteiger partial charge is 0.496 e. The first-order valence-corrected chi connectivity index (χ1v) is 10.5. The van der Waals surface area contributed by atoms with E-state index in [2.05, 4.69) is 4.98 Å². The maximum atomic E-state index is 13.0. The molecule has 2 aromatic carbocycles. The Balaban J connectivity index is 1.63. The molecule has 0 unspecified atom stereocenters. The van der Waals surface area contributed by atoms with Gasteiger partial charge in [-0.1, -0.05) is 22.9 Å². The number of aromatic nitrogens is 2. The SMILES string of the molecule is COc1ccc(Cl)cc1-c1ccc(C=c2sc3nc4cc(C)c(C)cc4n3c2=O)o1. The lowest BCUT2D eigenvalue weighted by atomic mass is 10.1. The lowest BCUT2D eigenvalue weighted by Crippen LogP contribution is -2.22. The Morgan fingerprint density at radius 1 is 1.13 bits per heavy atom. The van der Waals surface area contributed by atoms with E-state index in [-0.39, 0.29) is 5.56 Å². The monoisotopic (exact) mass is 436 g/mol. The average molecular weight is 437 g/mol. The summed E-state index contributed by atoms with van der Waals surface area (Å²) in [5.74, 6) is 1.85. The summed E-state index contributed by atoms with van der Waals surface area (Å²) in [5, 5.41) is 0.589. The van der Waals surface area contributed by atoms with Crippen LogP contribution >= 0.6 is 22.9 Å². The Hall–Kier alpha value is -3.09. The van der Waals surface area contributed by atoms with Gasteiger partial charge in [-0.15, -0.1) is 0 Å². The van der Waals surface area contributed by atoms with Crippen LogP contribution in [0.5, 0.6) is 5.75 Å². The fraction of sp³-hybridized carbons (Fsp3) is 0.130. The lowest BCUT2D eigenvalue weighted by molar-refractivity contribution is 0.414. The van der Waals surface area contributed by atoms with E-state index in [4.69, 9.17) is 20.8 Å². The molecule has 0 aliphatic heterocycles. The number of furan rings is 1. The summed E-state index contributed by atoms with van der Waals surface area (Å²) in [6.45, 7) is 4.08. The van der Waals surface area contributed by atoms with Crippen LogP contribution in [0.3, 0.4) is 0 Å². The third-order valence-electron chi connectivity index (χ3n) is 5.18. The Bertz CT molecular complexity index is 1540. The topological polar surface area (TPSA) is 56.7 Å². The second kappa shape index (κ2) is 7.00. The van der Waals surface area contributed by atoms with Gasteiger partial charge in [0.05, 0.1) is 23.7 Å². The van der Waals surface area contributed by atoms with Gasteiger partial charge in [-0.05, 0) is 67.4 Å². The standard InChI is InChI=1S/C23H17ClN2O3S/c1-12-8-17-18(9-13(12)2)26-22(27)21(30-23(26)25-17)11-15-5-7-20(29-15)16-10-14(24)4-6-19(16)28-3/h4-11H,1-3H3. The van der Waals surface area contributed by atoms with Crippen LogP contribution in [0.1, 0.15) is 16.9 Å². The Kier molecular flexibility index (Phi) is 4.41. The van der Waals surface area contributed by atoms with E-state index in [9.17, 15) is 4.79 Å². The highest BCUT2D eigenvalue weighted by molar-refractivity contribution is 7.15. The van der Waals surface area contributed by atoms with Gasteiger partial charge in [-0.25, -0.2) is 9.38 Å². The summed E-state index contributed by atoms with van der Waals surface area (Å²) >= 11 is 7.48. The summed E-state index contributed by atoms with van der Waals surface area (Å²) in [4.78, 5) is 18.3. The maximum Gasteiger partial charge on any atom is 0.275 e. The summed E-state index contributed by atoms with van der Waals surface area (Å²) in [7, 11) is 1.60. The molecule has 0 fully saturated rings. The number of methoxy groups -OCH3 is 1. The van der Waals surface area contributed by atoms with Crippen molar-refractivity contribution in [2.75, 3.05) is 7.11 Å². The van der Waals surface area contributed by atoms with Crippen molar-refractivity contribution in [2.24, 2.45) is 0 Å². The van der Waals surface area contributed by atoms with E-state index in [1.165, 1.54) is 11.3 Å². The summed E-state index contributed by atoms with van der Waals surface area (Å²) in [6, 6.07) is 13.0. The number of fused-ring (bicyclic) bond motifs is 3. The van der Waals surface area contributed by atoms with Crippen molar-refractivity contribution in [1.82, 2.24) is 9.38 Å². The molecule has 30 heavy (non-hydrogen) atoms. The van der Waals surface area contributed by atoms with Crippen molar-refractivity contribution in [3.05, 3.63) is 79.3 Å². The van der Waals surface area contributed by atoms with Crippen LogP contribution in [0.25, 0.3) is 33.4 Å². The molecule has 5 aromatic rings. The van der Waals surface area contributed by atoms with Gasteiger partial charge in [-0.3, -0.25) is 4.79 Å². The molecule has 7 heteroatoms. The minimum absolute atomic E-state index is 0.0981. The number of nitrogens with zero attached hydrogens (tertiary/aromatic N) is 2. The first kappa shape index (κ1) is 18.9. The summed E-state index contributed by atoms with van der Waals surface area (Å²) in [6.07, 6.45) is 1.75. The van der Waals surface area contributed by atoms with E-state index in [0.717, 1.165) is 27.7 Å². The second-order valence-corrected chi connectivity index (χ2v) is 8.56. The van der Waals surface area contributed by atoms with Crippen molar-refractivity contribution in [3.63, 3.8) is 0 Å².